The average molecular weight is 716 g/mol. The molecule has 0 N–H and O–H groups in total. The van der Waals surface area contributed by atoms with Gasteiger partial charge in [0, 0.05) is 43.9 Å². The Kier molecular flexibility index (Phi) is 7.46. The molecule has 0 saturated carbocycles. The third-order valence-electron chi connectivity index (χ3n) is 10.9. The molecule has 4 heteroatoms. The van der Waals surface area contributed by atoms with Gasteiger partial charge < -0.3 is 8.98 Å². The summed E-state index contributed by atoms with van der Waals surface area (Å²) >= 11 is 0. The molecule has 0 unspecified atom stereocenters. The van der Waals surface area contributed by atoms with Gasteiger partial charge in [0.15, 0.2) is 5.82 Å². The SMILES string of the molecule is c1ccc(-c2ccc(-c3cc(-c4ccccc4-c4ccccc4)nc(-c4cccc5c4c4ccccc4n5-c4ccc5oc6ccccc6c5c4)n3)cc2)cc1. The number of benzene rings is 8. The first-order valence-electron chi connectivity index (χ1n) is 18.9. The van der Waals surface area contributed by atoms with E-state index in [1.54, 1.807) is 0 Å². The average Bonchev–Trinajstić information content (AvgIpc) is 3.82. The van der Waals surface area contributed by atoms with Crippen LogP contribution in [0.15, 0.2) is 205 Å². The largest absolute Gasteiger partial charge is 0.456 e. The van der Waals surface area contributed by atoms with Gasteiger partial charge in [-0.25, -0.2) is 9.97 Å². The quantitative estimate of drug-likeness (QED) is 0.172. The van der Waals surface area contributed by atoms with Crippen LogP contribution in [-0.4, -0.2) is 14.5 Å². The molecule has 0 amide bonds. The molecule has 0 atom stereocenters. The molecule has 8 aromatic carbocycles. The van der Waals surface area contributed by atoms with Gasteiger partial charge in [-0.05, 0) is 64.7 Å². The number of hydrogen-bond acceptors (Lipinski definition) is 3. The molecular weight excluding hydrogens is 683 g/mol. The fourth-order valence-electron chi connectivity index (χ4n) is 8.23. The maximum absolute atomic E-state index is 6.21. The molecule has 0 saturated heterocycles. The lowest BCUT2D eigenvalue weighted by atomic mass is 9.96. The topological polar surface area (TPSA) is 43.9 Å². The summed E-state index contributed by atoms with van der Waals surface area (Å²) in [6.07, 6.45) is 0. The molecule has 0 radical (unpaired) electrons. The molecule has 0 aliphatic carbocycles. The first-order chi connectivity index (χ1) is 27.8. The van der Waals surface area contributed by atoms with Gasteiger partial charge in [-0.1, -0.05) is 158 Å². The summed E-state index contributed by atoms with van der Waals surface area (Å²) in [7, 11) is 0. The van der Waals surface area contributed by atoms with Crippen LogP contribution < -0.4 is 0 Å². The van der Waals surface area contributed by atoms with Crippen LogP contribution >= 0.6 is 0 Å². The van der Waals surface area contributed by atoms with Crippen LogP contribution in [0.25, 0.3) is 106 Å². The highest BCUT2D eigenvalue weighted by atomic mass is 16.3. The van der Waals surface area contributed by atoms with Crippen LogP contribution in [-0.2, 0) is 0 Å². The number of rotatable bonds is 6. The second kappa shape index (κ2) is 13.1. The molecule has 3 heterocycles. The van der Waals surface area contributed by atoms with Gasteiger partial charge in [-0.15, -0.1) is 0 Å². The fraction of sp³-hybridized carbons (Fsp3) is 0. The van der Waals surface area contributed by atoms with Gasteiger partial charge in [-0.2, -0.15) is 0 Å². The highest BCUT2D eigenvalue weighted by Crippen LogP contribution is 2.41. The minimum Gasteiger partial charge on any atom is -0.456 e. The molecule has 11 rings (SSSR count). The first-order valence-corrected chi connectivity index (χ1v) is 18.9. The number of aromatic nitrogens is 3. The molecule has 0 fully saturated rings. The fourth-order valence-corrected chi connectivity index (χ4v) is 8.23. The Bertz CT molecular complexity index is 3230. The molecule has 11 aromatic rings. The molecule has 0 aliphatic rings. The van der Waals surface area contributed by atoms with Crippen molar-refractivity contribution in [1.82, 2.24) is 14.5 Å². The number of fused-ring (bicyclic) bond motifs is 6. The third-order valence-corrected chi connectivity index (χ3v) is 10.9. The van der Waals surface area contributed by atoms with Crippen molar-refractivity contribution in [2.45, 2.75) is 0 Å². The zero-order chi connectivity index (χ0) is 37.0. The summed E-state index contributed by atoms with van der Waals surface area (Å²) in [5, 5.41) is 4.45. The second-order valence-electron chi connectivity index (χ2n) is 14.1. The van der Waals surface area contributed by atoms with Gasteiger partial charge >= 0.3 is 0 Å². The van der Waals surface area contributed by atoms with E-state index in [2.05, 4.69) is 187 Å². The molecule has 56 heavy (non-hydrogen) atoms. The first kappa shape index (κ1) is 31.9. The summed E-state index contributed by atoms with van der Waals surface area (Å²) < 4.78 is 8.57. The van der Waals surface area contributed by atoms with Crippen LogP contribution in [0.4, 0.5) is 0 Å². The third kappa shape index (κ3) is 5.31. The Hall–Kier alpha value is -7.56. The Labute approximate surface area is 323 Å². The highest BCUT2D eigenvalue weighted by molar-refractivity contribution is 6.16. The Morgan fingerprint density at radius 3 is 1.77 bits per heavy atom. The number of nitrogens with zero attached hydrogens (tertiary/aromatic N) is 3. The van der Waals surface area contributed by atoms with Crippen LogP contribution in [0.1, 0.15) is 0 Å². The summed E-state index contributed by atoms with van der Waals surface area (Å²) in [4.78, 5) is 10.8. The summed E-state index contributed by atoms with van der Waals surface area (Å²) in [6, 6.07) is 70.2. The molecule has 0 aliphatic heterocycles. The van der Waals surface area contributed by atoms with E-state index in [0.29, 0.717) is 5.82 Å². The van der Waals surface area contributed by atoms with E-state index in [4.69, 9.17) is 14.4 Å². The van der Waals surface area contributed by atoms with E-state index in [-0.39, 0.29) is 0 Å². The van der Waals surface area contributed by atoms with E-state index in [0.717, 1.165) is 94.2 Å². The Balaban J connectivity index is 1.14. The maximum atomic E-state index is 6.21. The monoisotopic (exact) mass is 715 g/mol. The van der Waals surface area contributed by atoms with Crippen molar-refractivity contribution in [3.8, 4) is 61.8 Å². The molecule has 0 bridgehead atoms. The lowest BCUT2D eigenvalue weighted by molar-refractivity contribution is 0.669. The zero-order valence-corrected chi connectivity index (χ0v) is 30.3. The summed E-state index contributed by atoms with van der Waals surface area (Å²) in [5.41, 5.74) is 14.5. The molecule has 4 nitrogen and oxygen atoms in total. The minimum absolute atomic E-state index is 0.678. The predicted molar refractivity (Wildman–Crippen MR) is 231 cm³/mol. The maximum Gasteiger partial charge on any atom is 0.161 e. The van der Waals surface area contributed by atoms with E-state index in [1.165, 1.54) is 5.56 Å². The van der Waals surface area contributed by atoms with Crippen LogP contribution in [0.5, 0.6) is 0 Å². The van der Waals surface area contributed by atoms with Crippen molar-refractivity contribution >= 4 is 43.7 Å². The van der Waals surface area contributed by atoms with E-state index >= 15 is 0 Å². The number of furan rings is 1. The Morgan fingerprint density at radius 1 is 0.357 bits per heavy atom. The van der Waals surface area contributed by atoms with Crippen molar-refractivity contribution < 1.29 is 4.42 Å². The number of hydrogen-bond donors (Lipinski definition) is 0. The lowest BCUT2D eigenvalue weighted by Gasteiger charge is -2.14. The number of para-hydroxylation sites is 2. The molecular formula is C52H33N3O. The van der Waals surface area contributed by atoms with Crippen molar-refractivity contribution in [2.75, 3.05) is 0 Å². The lowest BCUT2D eigenvalue weighted by Crippen LogP contribution is -1.98. The summed E-state index contributed by atoms with van der Waals surface area (Å²) in [5.74, 6) is 0.678. The summed E-state index contributed by atoms with van der Waals surface area (Å²) in [6.45, 7) is 0. The van der Waals surface area contributed by atoms with Crippen molar-refractivity contribution in [3.05, 3.63) is 200 Å². The van der Waals surface area contributed by atoms with E-state index < -0.39 is 0 Å². The van der Waals surface area contributed by atoms with Crippen LogP contribution in [0, 0.1) is 0 Å². The van der Waals surface area contributed by atoms with Crippen molar-refractivity contribution in [1.29, 1.82) is 0 Å². The van der Waals surface area contributed by atoms with E-state index in [1.807, 2.05) is 18.2 Å². The highest BCUT2D eigenvalue weighted by Gasteiger charge is 2.20. The van der Waals surface area contributed by atoms with Gasteiger partial charge in [0.25, 0.3) is 0 Å². The Morgan fingerprint density at radius 2 is 0.946 bits per heavy atom. The van der Waals surface area contributed by atoms with Crippen molar-refractivity contribution in [3.63, 3.8) is 0 Å². The van der Waals surface area contributed by atoms with Crippen LogP contribution in [0.2, 0.25) is 0 Å². The minimum atomic E-state index is 0.678. The van der Waals surface area contributed by atoms with Gasteiger partial charge in [0.2, 0.25) is 0 Å². The molecule has 262 valence electrons. The normalized spacial score (nSPS) is 11.6. The molecule has 0 spiro atoms. The van der Waals surface area contributed by atoms with Crippen molar-refractivity contribution in [2.24, 2.45) is 0 Å². The van der Waals surface area contributed by atoms with E-state index in [9.17, 15) is 0 Å². The second-order valence-corrected chi connectivity index (χ2v) is 14.1. The standard InChI is InChI=1S/C52H33N3O/c1-3-14-34(15-4-1)35-26-28-37(29-27-35)45-33-46(40-19-8-7-18-39(40)36-16-5-2-6-17-36)54-52(53-45)43-22-13-24-48-51(43)42-21-9-11-23-47(42)55(48)38-30-31-50-44(32-38)41-20-10-12-25-49(41)56-50/h1-33H. The van der Waals surface area contributed by atoms with Gasteiger partial charge in [-0.3, -0.25) is 0 Å². The zero-order valence-electron chi connectivity index (χ0n) is 30.3. The van der Waals surface area contributed by atoms with Gasteiger partial charge in [0.05, 0.1) is 22.4 Å². The van der Waals surface area contributed by atoms with Gasteiger partial charge in [0.1, 0.15) is 11.2 Å². The smallest absolute Gasteiger partial charge is 0.161 e. The predicted octanol–water partition coefficient (Wildman–Crippen LogP) is 13.8. The molecule has 3 aromatic heterocycles. The van der Waals surface area contributed by atoms with Crippen LogP contribution in [0.3, 0.4) is 0 Å².